The number of nitrogens with one attached hydrogen (secondary N) is 1. The van der Waals surface area contributed by atoms with E-state index in [0.29, 0.717) is 12.1 Å². The molecular formula is C13H16ClN3O4. The van der Waals surface area contributed by atoms with Crippen LogP contribution in [-0.2, 0) is 16.0 Å². The average Bonchev–Trinajstić information content (AvgIpc) is 2.41. The van der Waals surface area contributed by atoms with Gasteiger partial charge in [0.15, 0.2) is 0 Å². The molecule has 0 aliphatic rings. The summed E-state index contributed by atoms with van der Waals surface area (Å²) in [6.45, 7) is 1.85. The summed E-state index contributed by atoms with van der Waals surface area (Å²) >= 11 is 5.81. The van der Waals surface area contributed by atoms with Crippen LogP contribution in [0.5, 0.6) is 0 Å². The number of carboxylic acid groups (broad SMARTS) is 1. The molecule has 0 saturated carbocycles. The van der Waals surface area contributed by atoms with Crippen molar-refractivity contribution >= 4 is 29.4 Å². The maximum atomic E-state index is 12.0. The van der Waals surface area contributed by atoms with Crippen LogP contribution >= 0.6 is 11.6 Å². The highest BCUT2D eigenvalue weighted by Gasteiger charge is 2.21. The monoisotopic (exact) mass is 313 g/mol. The largest absolute Gasteiger partial charge is 0.480 e. The highest BCUT2D eigenvalue weighted by Crippen LogP contribution is 2.12. The third-order valence-corrected chi connectivity index (χ3v) is 2.95. The minimum Gasteiger partial charge on any atom is -0.480 e. The molecule has 0 spiro atoms. The zero-order valence-corrected chi connectivity index (χ0v) is 12.2. The lowest BCUT2D eigenvalue weighted by Crippen LogP contribution is -2.41. The number of carbonyl (C=O) groups excluding carboxylic acids is 2. The summed E-state index contributed by atoms with van der Waals surface area (Å²) in [5.41, 5.74) is 5.81. The summed E-state index contributed by atoms with van der Waals surface area (Å²) in [7, 11) is 0. The molecule has 1 atom stereocenters. The number of rotatable bonds is 7. The van der Waals surface area contributed by atoms with Crippen molar-refractivity contribution in [3.05, 3.63) is 28.5 Å². The lowest BCUT2D eigenvalue weighted by Gasteiger charge is -2.14. The Morgan fingerprint density at radius 3 is 2.62 bits per heavy atom. The molecular weight excluding hydrogens is 298 g/mol. The fraction of sp³-hybridized carbons (Fsp3) is 0.385. The number of hydrogen-bond acceptors (Lipinski definition) is 4. The molecule has 1 heterocycles. The molecule has 0 fully saturated rings. The Morgan fingerprint density at radius 1 is 1.43 bits per heavy atom. The number of primary amides is 1. The van der Waals surface area contributed by atoms with Gasteiger partial charge >= 0.3 is 5.97 Å². The van der Waals surface area contributed by atoms with Gasteiger partial charge in [-0.1, -0.05) is 18.5 Å². The Hall–Kier alpha value is -2.15. The number of aliphatic carboxylic acids is 1. The van der Waals surface area contributed by atoms with E-state index in [0.717, 1.165) is 0 Å². The Balaban J connectivity index is 2.84. The zero-order chi connectivity index (χ0) is 16.0. The number of carbonyl (C=O) groups is 3. The van der Waals surface area contributed by atoms with Crippen molar-refractivity contribution < 1.29 is 19.5 Å². The second-order valence-electron chi connectivity index (χ2n) is 4.39. The second kappa shape index (κ2) is 7.58. The standard InChI is InChI=1S/C13H16ClN3O4/c1-2-8-5-7(6-10(14)16-8)12(19)17-9(13(20)21)3-4-11(15)18/h5-6,9H,2-4H2,1H3,(H2,15,18)(H,17,19)(H,20,21)/t9-/m0/s1. The van der Waals surface area contributed by atoms with Gasteiger partial charge in [-0.05, 0) is 25.0 Å². The normalized spacial score (nSPS) is 11.7. The summed E-state index contributed by atoms with van der Waals surface area (Å²) in [6.07, 6.45) is 0.384. The maximum absolute atomic E-state index is 12.0. The number of pyridine rings is 1. The molecule has 1 rings (SSSR count). The van der Waals surface area contributed by atoms with Crippen LogP contribution in [0, 0.1) is 0 Å². The van der Waals surface area contributed by atoms with E-state index in [1.165, 1.54) is 12.1 Å². The lowest BCUT2D eigenvalue weighted by atomic mass is 10.1. The van der Waals surface area contributed by atoms with Gasteiger partial charge in [-0.25, -0.2) is 9.78 Å². The van der Waals surface area contributed by atoms with Gasteiger partial charge in [0.2, 0.25) is 5.91 Å². The van der Waals surface area contributed by atoms with Gasteiger partial charge < -0.3 is 16.2 Å². The molecule has 0 saturated heterocycles. The first-order valence-corrected chi connectivity index (χ1v) is 6.69. The molecule has 1 aromatic rings. The van der Waals surface area contributed by atoms with Crippen molar-refractivity contribution in [2.45, 2.75) is 32.2 Å². The van der Waals surface area contributed by atoms with Crippen molar-refractivity contribution in [2.24, 2.45) is 5.73 Å². The molecule has 8 heteroatoms. The average molecular weight is 314 g/mol. The van der Waals surface area contributed by atoms with E-state index in [1.54, 1.807) is 0 Å². The van der Waals surface area contributed by atoms with E-state index in [4.69, 9.17) is 22.4 Å². The van der Waals surface area contributed by atoms with E-state index in [2.05, 4.69) is 10.3 Å². The van der Waals surface area contributed by atoms with E-state index in [1.807, 2.05) is 6.92 Å². The van der Waals surface area contributed by atoms with Crippen LogP contribution < -0.4 is 11.1 Å². The first-order chi connectivity index (χ1) is 9.83. The molecule has 4 N–H and O–H groups in total. The quantitative estimate of drug-likeness (QED) is 0.641. The number of amides is 2. The number of aromatic nitrogens is 1. The van der Waals surface area contributed by atoms with Crippen molar-refractivity contribution in [1.82, 2.24) is 10.3 Å². The van der Waals surface area contributed by atoms with E-state index in [-0.39, 0.29) is 23.6 Å². The predicted octanol–water partition coefficient (Wildman–Crippen LogP) is 0.746. The minimum atomic E-state index is -1.24. The molecule has 0 aliphatic heterocycles. The Bertz CT molecular complexity index is 562. The van der Waals surface area contributed by atoms with Gasteiger partial charge in [-0.2, -0.15) is 0 Å². The van der Waals surface area contributed by atoms with Crippen LogP contribution in [0.3, 0.4) is 0 Å². The Morgan fingerprint density at radius 2 is 2.10 bits per heavy atom. The maximum Gasteiger partial charge on any atom is 0.326 e. The molecule has 2 amide bonds. The first kappa shape index (κ1) is 16.9. The number of carboxylic acids is 1. The number of aryl methyl sites for hydroxylation is 1. The first-order valence-electron chi connectivity index (χ1n) is 6.32. The fourth-order valence-electron chi connectivity index (χ4n) is 1.65. The van der Waals surface area contributed by atoms with Crippen LogP contribution in [0.1, 0.15) is 35.8 Å². The molecule has 0 unspecified atom stereocenters. The summed E-state index contributed by atoms with van der Waals surface area (Å²) in [6, 6.07) is 1.69. The Kier molecular flexibility index (Phi) is 6.10. The van der Waals surface area contributed by atoms with Gasteiger partial charge in [-0.3, -0.25) is 9.59 Å². The topological polar surface area (TPSA) is 122 Å². The smallest absolute Gasteiger partial charge is 0.326 e. The van der Waals surface area contributed by atoms with Gasteiger partial charge in [0, 0.05) is 17.7 Å². The summed E-state index contributed by atoms with van der Waals surface area (Å²) in [5.74, 6) is -2.46. The molecule has 114 valence electrons. The zero-order valence-electron chi connectivity index (χ0n) is 11.4. The van der Waals surface area contributed by atoms with Gasteiger partial charge in [0.1, 0.15) is 11.2 Å². The molecule has 0 aliphatic carbocycles. The molecule has 0 bridgehead atoms. The predicted molar refractivity (Wildman–Crippen MR) is 75.9 cm³/mol. The van der Waals surface area contributed by atoms with Crippen LogP contribution in [-0.4, -0.2) is 33.9 Å². The molecule has 21 heavy (non-hydrogen) atoms. The Labute approximate surface area is 126 Å². The van der Waals surface area contributed by atoms with E-state index in [9.17, 15) is 14.4 Å². The third kappa shape index (κ3) is 5.39. The van der Waals surface area contributed by atoms with Crippen LogP contribution in [0.4, 0.5) is 0 Å². The van der Waals surface area contributed by atoms with Gasteiger partial charge in [0.05, 0.1) is 0 Å². The van der Waals surface area contributed by atoms with Crippen LogP contribution in [0.2, 0.25) is 5.15 Å². The SMILES string of the molecule is CCc1cc(C(=O)N[C@@H](CCC(N)=O)C(=O)O)cc(Cl)n1. The number of nitrogens with zero attached hydrogens (tertiary/aromatic N) is 1. The number of hydrogen-bond donors (Lipinski definition) is 3. The summed E-state index contributed by atoms with van der Waals surface area (Å²) < 4.78 is 0. The van der Waals surface area contributed by atoms with E-state index < -0.39 is 23.8 Å². The van der Waals surface area contributed by atoms with Crippen molar-refractivity contribution in [2.75, 3.05) is 0 Å². The highest BCUT2D eigenvalue weighted by molar-refractivity contribution is 6.29. The molecule has 7 nitrogen and oxygen atoms in total. The lowest BCUT2D eigenvalue weighted by molar-refractivity contribution is -0.139. The van der Waals surface area contributed by atoms with Gasteiger partial charge in [0.25, 0.3) is 5.91 Å². The molecule has 0 radical (unpaired) electrons. The molecule has 1 aromatic heterocycles. The van der Waals surface area contributed by atoms with Crippen molar-refractivity contribution in [1.29, 1.82) is 0 Å². The van der Waals surface area contributed by atoms with Crippen molar-refractivity contribution in [3.8, 4) is 0 Å². The highest BCUT2D eigenvalue weighted by atomic mass is 35.5. The third-order valence-electron chi connectivity index (χ3n) is 2.75. The summed E-state index contributed by atoms with van der Waals surface area (Å²) in [4.78, 5) is 37.8. The molecule has 0 aromatic carbocycles. The van der Waals surface area contributed by atoms with Crippen LogP contribution in [0.25, 0.3) is 0 Å². The number of nitrogens with two attached hydrogens (primary N) is 1. The fourth-order valence-corrected chi connectivity index (χ4v) is 1.88. The van der Waals surface area contributed by atoms with E-state index >= 15 is 0 Å². The van der Waals surface area contributed by atoms with Crippen molar-refractivity contribution in [3.63, 3.8) is 0 Å². The minimum absolute atomic E-state index is 0.0736. The number of halogens is 1. The van der Waals surface area contributed by atoms with Crippen LogP contribution in [0.15, 0.2) is 12.1 Å². The summed E-state index contributed by atoms with van der Waals surface area (Å²) in [5, 5.41) is 11.5. The second-order valence-corrected chi connectivity index (χ2v) is 4.78. The van der Waals surface area contributed by atoms with Gasteiger partial charge in [-0.15, -0.1) is 0 Å².